The van der Waals surface area contributed by atoms with Gasteiger partial charge in [0.2, 0.25) is 16.1 Å². The maximum Gasteiger partial charge on any atom is 0.347 e. The van der Waals surface area contributed by atoms with E-state index in [1.165, 1.54) is 25.3 Å². The Kier molecular flexibility index (Phi) is 4.46. The van der Waals surface area contributed by atoms with Crippen LogP contribution in [0.1, 0.15) is 29.6 Å². The number of carbonyl (C=O) groups is 2. The Bertz CT molecular complexity index is 770. The van der Waals surface area contributed by atoms with E-state index < -0.39 is 28.1 Å². The van der Waals surface area contributed by atoms with E-state index in [1.807, 2.05) is 0 Å². The van der Waals surface area contributed by atoms with Crippen LogP contribution in [0.15, 0.2) is 23.1 Å². The molecule has 1 saturated carbocycles. The minimum atomic E-state index is -3.81. The van der Waals surface area contributed by atoms with Gasteiger partial charge in [0.05, 0.1) is 19.3 Å². The Hall–Kier alpha value is -2.13. The third-order valence-electron chi connectivity index (χ3n) is 3.72. The van der Waals surface area contributed by atoms with Crippen molar-refractivity contribution in [3.05, 3.63) is 23.8 Å². The summed E-state index contributed by atoms with van der Waals surface area (Å²) in [6.45, 7) is 0.199. The molecule has 1 aliphatic carbocycles. The number of hydrogen-bond donors (Lipinski definition) is 1. The molecule has 0 bridgehead atoms. The monoisotopic (exact) mass is 355 g/mol. The fourth-order valence-corrected chi connectivity index (χ4v) is 3.78. The van der Waals surface area contributed by atoms with Gasteiger partial charge >= 0.3 is 11.9 Å². The first-order valence-electron chi connectivity index (χ1n) is 7.48. The highest BCUT2D eigenvalue weighted by atomic mass is 32.2. The standard InChI is InChI=1S/C15H17NO7S/c1-21-11-5-2-9(14(17)23-12-6-7-22-15(12)18)8-13(11)24(19,20)16-10-3-4-10/h2,5,8,10,12,16H,3-4,6-7H2,1H3/t12-/m0/s1. The third-order valence-corrected chi connectivity index (χ3v) is 5.27. The van der Waals surface area contributed by atoms with Crippen LogP contribution < -0.4 is 9.46 Å². The van der Waals surface area contributed by atoms with Crippen molar-refractivity contribution in [2.45, 2.75) is 36.3 Å². The highest BCUT2D eigenvalue weighted by molar-refractivity contribution is 7.89. The summed E-state index contributed by atoms with van der Waals surface area (Å²) in [4.78, 5) is 23.4. The molecule has 1 atom stereocenters. The average molecular weight is 355 g/mol. The number of esters is 2. The molecule has 0 aromatic heterocycles. The highest BCUT2D eigenvalue weighted by Crippen LogP contribution is 2.28. The summed E-state index contributed by atoms with van der Waals surface area (Å²) >= 11 is 0. The molecule has 8 nitrogen and oxygen atoms in total. The van der Waals surface area contributed by atoms with Crippen LogP contribution in [0.5, 0.6) is 5.75 Å². The smallest absolute Gasteiger partial charge is 0.347 e. The van der Waals surface area contributed by atoms with Crippen LogP contribution in [0.25, 0.3) is 0 Å². The van der Waals surface area contributed by atoms with Crippen LogP contribution in [0.3, 0.4) is 0 Å². The predicted octanol–water partition coefficient (Wildman–Crippen LogP) is 0.608. The van der Waals surface area contributed by atoms with Gasteiger partial charge in [-0.25, -0.2) is 22.7 Å². The SMILES string of the molecule is COc1ccc(C(=O)O[C@H]2CCOC2=O)cc1S(=O)(=O)NC1CC1. The number of benzene rings is 1. The van der Waals surface area contributed by atoms with E-state index in [1.54, 1.807) is 0 Å². The fourth-order valence-electron chi connectivity index (χ4n) is 2.28. The van der Waals surface area contributed by atoms with Gasteiger partial charge in [-0.1, -0.05) is 0 Å². The second-order valence-corrected chi connectivity index (χ2v) is 7.29. The fraction of sp³-hybridized carbons (Fsp3) is 0.467. The molecule has 1 aromatic rings. The molecule has 1 aromatic carbocycles. The van der Waals surface area contributed by atoms with E-state index in [2.05, 4.69) is 4.72 Å². The number of sulfonamides is 1. The number of carbonyl (C=O) groups excluding carboxylic acids is 2. The zero-order valence-corrected chi connectivity index (χ0v) is 13.8. The van der Waals surface area contributed by atoms with Crippen molar-refractivity contribution in [1.82, 2.24) is 4.72 Å². The summed E-state index contributed by atoms with van der Waals surface area (Å²) in [6, 6.07) is 3.87. The van der Waals surface area contributed by atoms with Crippen molar-refractivity contribution in [3.63, 3.8) is 0 Å². The molecular formula is C15H17NO7S. The number of hydrogen-bond acceptors (Lipinski definition) is 7. The summed E-state index contributed by atoms with van der Waals surface area (Å²) in [5.74, 6) is -1.26. The largest absolute Gasteiger partial charge is 0.495 e. The maximum atomic E-state index is 12.4. The van der Waals surface area contributed by atoms with Crippen LogP contribution in [-0.2, 0) is 24.3 Å². The molecule has 2 aliphatic rings. The molecule has 1 aliphatic heterocycles. The normalized spacial score (nSPS) is 20.5. The summed E-state index contributed by atoms with van der Waals surface area (Å²) in [7, 11) is -2.46. The Morgan fingerprint density at radius 2 is 2.04 bits per heavy atom. The molecular weight excluding hydrogens is 338 g/mol. The summed E-state index contributed by atoms with van der Waals surface area (Å²) < 4.78 is 42.2. The van der Waals surface area contributed by atoms with Crippen molar-refractivity contribution >= 4 is 22.0 Å². The molecule has 2 fully saturated rings. The molecule has 1 N–H and O–H groups in total. The van der Waals surface area contributed by atoms with Crippen LogP contribution >= 0.6 is 0 Å². The van der Waals surface area contributed by atoms with Crippen molar-refractivity contribution < 1.29 is 32.2 Å². The first-order valence-corrected chi connectivity index (χ1v) is 8.97. The van der Waals surface area contributed by atoms with Gasteiger partial charge in [0.25, 0.3) is 0 Å². The maximum absolute atomic E-state index is 12.4. The van der Waals surface area contributed by atoms with E-state index in [9.17, 15) is 18.0 Å². The lowest BCUT2D eigenvalue weighted by Crippen LogP contribution is -2.27. The van der Waals surface area contributed by atoms with Crippen molar-refractivity contribution in [3.8, 4) is 5.75 Å². The number of ether oxygens (including phenoxy) is 3. The minimum Gasteiger partial charge on any atom is -0.495 e. The molecule has 130 valence electrons. The third kappa shape index (κ3) is 3.51. The molecule has 0 spiro atoms. The Morgan fingerprint density at radius 1 is 1.29 bits per heavy atom. The van der Waals surface area contributed by atoms with Crippen LogP contribution in [0, 0.1) is 0 Å². The Labute approximate surface area is 139 Å². The lowest BCUT2D eigenvalue weighted by molar-refractivity contribution is -0.145. The van der Waals surface area contributed by atoms with Gasteiger partial charge in [0.15, 0.2) is 0 Å². The van der Waals surface area contributed by atoms with Gasteiger partial charge in [-0.2, -0.15) is 0 Å². The van der Waals surface area contributed by atoms with Crippen molar-refractivity contribution in [2.75, 3.05) is 13.7 Å². The Morgan fingerprint density at radius 3 is 2.62 bits per heavy atom. The number of methoxy groups -OCH3 is 1. The first kappa shape index (κ1) is 16.7. The van der Waals surface area contributed by atoms with E-state index in [-0.39, 0.29) is 35.3 Å². The molecule has 1 saturated heterocycles. The van der Waals surface area contributed by atoms with Gasteiger partial charge in [-0.3, -0.25) is 0 Å². The Balaban J connectivity index is 1.85. The molecule has 0 amide bonds. The molecule has 0 unspecified atom stereocenters. The minimum absolute atomic E-state index is 0.0201. The van der Waals surface area contributed by atoms with Gasteiger partial charge in [0, 0.05) is 12.5 Å². The quantitative estimate of drug-likeness (QED) is 0.745. The average Bonchev–Trinajstić information content (AvgIpc) is 3.27. The lowest BCUT2D eigenvalue weighted by Gasteiger charge is -2.13. The zero-order valence-electron chi connectivity index (χ0n) is 13.0. The first-order chi connectivity index (χ1) is 11.4. The van der Waals surface area contributed by atoms with E-state index in [4.69, 9.17) is 14.2 Å². The topological polar surface area (TPSA) is 108 Å². The van der Waals surface area contributed by atoms with Crippen LogP contribution in [0.4, 0.5) is 0 Å². The van der Waals surface area contributed by atoms with E-state index in [0.717, 1.165) is 12.8 Å². The molecule has 0 radical (unpaired) electrons. The lowest BCUT2D eigenvalue weighted by atomic mass is 10.2. The summed E-state index contributed by atoms with van der Waals surface area (Å²) in [5.41, 5.74) is 0.0201. The van der Waals surface area contributed by atoms with E-state index >= 15 is 0 Å². The zero-order chi connectivity index (χ0) is 17.3. The molecule has 1 heterocycles. The molecule has 9 heteroatoms. The number of rotatable bonds is 6. The van der Waals surface area contributed by atoms with Crippen LogP contribution in [0.2, 0.25) is 0 Å². The van der Waals surface area contributed by atoms with Crippen molar-refractivity contribution in [1.29, 1.82) is 0 Å². The number of cyclic esters (lactones) is 1. The summed E-state index contributed by atoms with van der Waals surface area (Å²) in [6.07, 6.45) is 0.902. The predicted molar refractivity (Wildman–Crippen MR) is 81.1 cm³/mol. The second kappa shape index (κ2) is 6.40. The molecule has 24 heavy (non-hydrogen) atoms. The van der Waals surface area contributed by atoms with Crippen LogP contribution in [-0.4, -0.2) is 46.2 Å². The van der Waals surface area contributed by atoms with Gasteiger partial charge in [0.1, 0.15) is 10.6 Å². The van der Waals surface area contributed by atoms with Gasteiger partial charge in [-0.15, -0.1) is 0 Å². The van der Waals surface area contributed by atoms with Crippen molar-refractivity contribution in [2.24, 2.45) is 0 Å². The van der Waals surface area contributed by atoms with Gasteiger partial charge < -0.3 is 14.2 Å². The second-order valence-electron chi connectivity index (χ2n) is 5.61. The highest BCUT2D eigenvalue weighted by Gasteiger charge is 2.32. The summed E-state index contributed by atoms with van der Waals surface area (Å²) in [5, 5.41) is 0. The van der Waals surface area contributed by atoms with E-state index in [0.29, 0.717) is 0 Å². The number of nitrogens with one attached hydrogen (secondary N) is 1. The van der Waals surface area contributed by atoms with Gasteiger partial charge in [-0.05, 0) is 31.0 Å². The molecule has 3 rings (SSSR count).